The smallest absolute Gasteiger partial charge is 0.150 e. The van der Waals surface area contributed by atoms with Crippen molar-refractivity contribution in [3.63, 3.8) is 0 Å². The molecule has 0 saturated carbocycles. The van der Waals surface area contributed by atoms with Gasteiger partial charge in [-0.25, -0.2) is 9.97 Å². The van der Waals surface area contributed by atoms with E-state index in [9.17, 15) is 0 Å². The first-order chi connectivity index (χ1) is 13.6. The molecule has 28 heavy (non-hydrogen) atoms. The summed E-state index contributed by atoms with van der Waals surface area (Å²) < 4.78 is 0. The van der Waals surface area contributed by atoms with Crippen molar-refractivity contribution < 1.29 is 0 Å². The zero-order valence-corrected chi connectivity index (χ0v) is 17.7. The summed E-state index contributed by atoms with van der Waals surface area (Å²) in [5.74, 6) is 1.76. The second-order valence-corrected chi connectivity index (χ2v) is 7.42. The van der Waals surface area contributed by atoms with Gasteiger partial charge in [-0.3, -0.25) is 4.98 Å². The van der Waals surface area contributed by atoms with Gasteiger partial charge in [0.2, 0.25) is 0 Å². The van der Waals surface area contributed by atoms with Crippen molar-refractivity contribution in [3.05, 3.63) is 60.3 Å². The molecule has 6 nitrogen and oxygen atoms in total. The lowest BCUT2D eigenvalue weighted by molar-refractivity contribution is 0.922. The van der Waals surface area contributed by atoms with Crippen LogP contribution in [0, 0.1) is 0 Å². The summed E-state index contributed by atoms with van der Waals surface area (Å²) in [6.07, 6.45) is 10.0. The maximum atomic E-state index is 4.58. The van der Waals surface area contributed by atoms with Crippen LogP contribution >= 0.6 is 11.3 Å². The SMILES string of the molecule is C=C1CN(c2cncs2)C(=C)/C1=C/N(C)c1cnc(N2CCCC2)cn1.CC. The van der Waals surface area contributed by atoms with Crippen molar-refractivity contribution in [2.24, 2.45) is 0 Å². The molecule has 0 spiro atoms. The van der Waals surface area contributed by atoms with E-state index in [1.807, 2.05) is 56.1 Å². The van der Waals surface area contributed by atoms with Crippen molar-refractivity contribution in [3.8, 4) is 0 Å². The van der Waals surface area contributed by atoms with Crippen LogP contribution in [0.25, 0.3) is 0 Å². The Labute approximate surface area is 171 Å². The van der Waals surface area contributed by atoms with Crippen LogP contribution in [0.15, 0.2) is 60.3 Å². The van der Waals surface area contributed by atoms with Gasteiger partial charge < -0.3 is 14.7 Å². The van der Waals surface area contributed by atoms with Crippen molar-refractivity contribution in [1.82, 2.24) is 15.0 Å². The van der Waals surface area contributed by atoms with Gasteiger partial charge in [-0.1, -0.05) is 27.0 Å². The lowest BCUT2D eigenvalue weighted by Gasteiger charge is -2.19. The second kappa shape index (κ2) is 9.01. The minimum absolute atomic E-state index is 0.736. The standard InChI is InChI=1S/C19H22N6S.C2H6/c1-14-11-25(19-10-20-13-26-19)15(2)16(14)12-23(3)17-8-22-18(9-21-17)24-6-4-5-7-24;1-2/h8-10,12-13H,1-2,4-7,11H2,3H3;1-2H3/b16-12+;. The molecule has 0 radical (unpaired) electrons. The van der Waals surface area contributed by atoms with E-state index in [1.54, 1.807) is 11.3 Å². The Hall–Kier alpha value is -2.67. The summed E-state index contributed by atoms with van der Waals surface area (Å²) in [6.45, 7) is 15.3. The van der Waals surface area contributed by atoms with Gasteiger partial charge >= 0.3 is 0 Å². The Morgan fingerprint density at radius 3 is 2.46 bits per heavy atom. The number of nitrogens with zero attached hydrogens (tertiary/aromatic N) is 6. The second-order valence-electron chi connectivity index (χ2n) is 6.56. The van der Waals surface area contributed by atoms with Gasteiger partial charge in [0.05, 0.1) is 24.1 Å². The van der Waals surface area contributed by atoms with Crippen LogP contribution in [0.3, 0.4) is 0 Å². The van der Waals surface area contributed by atoms with Gasteiger partial charge in [0.25, 0.3) is 0 Å². The molecule has 0 amide bonds. The number of hydrogen-bond acceptors (Lipinski definition) is 7. The van der Waals surface area contributed by atoms with E-state index < -0.39 is 0 Å². The van der Waals surface area contributed by atoms with Gasteiger partial charge in [0.1, 0.15) is 10.8 Å². The maximum Gasteiger partial charge on any atom is 0.150 e. The van der Waals surface area contributed by atoms with Crippen molar-refractivity contribution in [2.75, 3.05) is 41.4 Å². The number of thiazole rings is 1. The molecule has 7 heteroatoms. The number of aromatic nitrogens is 3. The minimum Gasteiger partial charge on any atom is -0.355 e. The molecule has 0 unspecified atom stereocenters. The third-order valence-electron chi connectivity index (χ3n) is 4.79. The molecule has 2 fully saturated rings. The van der Waals surface area contributed by atoms with E-state index >= 15 is 0 Å². The number of anilines is 3. The van der Waals surface area contributed by atoms with Crippen LogP contribution in [0.5, 0.6) is 0 Å². The Balaban J connectivity index is 0.00000109. The highest BCUT2D eigenvalue weighted by molar-refractivity contribution is 7.13. The number of allylic oxidation sites excluding steroid dienone is 1. The van der Waals surface area contributed by atoms with Crippen LogP contribution in [-0.2, 0) is 0 Å². The molecule has 0 aromatic carbocycles. The highest BCUT2D eigenvalue weighted by Crippen LogP contribution is 2.36. The summed E-state index contributed by atoms with van der Waals surface area (Å²) in [6, 6.07) is 0. The summed E-state index contributed by atoms with van der Waals surface area (Å²) in [7, 11) is 1.97. The van der Waals surface area contributed by atoms with Crippen molar-refractivity contribution >= 4 is 28.0 Å². The first-order valence-corrected chi connectivity index (χ1v) is 10.6. The Kier molecular flexibility index (Phi) is 6.46. The molecule has 2 aromatic heterocycles. The predicted octanol–water partition coefficient (Wildman–Crippen LogP) is 4.47. The third-order valence-corrected chi connectivity index (χ3v) is 5.59. The van der Waals surface area contributed by atoms with Crippen LogP contribution in [0.4, 0.5) is 16.6 Å². The average Bonchev–Trinajstić information content (AvgIpc) is 3.48. The molecule has 2 aliphatic rings. The summed E-state index contributed by atoms with van der Waals surface area (Å²) in [5.41, 5.74) is 4.84. The molecular weight excluding hydrogens is 368 g/mol. The van der Waals surface area contributed by atoms with E-state index in [1.165, 1.54) is 12.8 Å². The summed E-state index contributed by atoms with van der Waals surface area (Å²) >= 11 is 1.60. The fourth-order valence-corrected chi connectivity index (χ4v) is 3.96. The molecule has 0 N–H and O–H groups in total. The molecule has 0 aliphatic carbocycles. The monoisotopic (exact) mass is 396 g/mol. The van der Waals surface area contributed by atoms with Crippen molar-refractivity contribution in [1.29, 1.82) is 0 Å². The van der Waals surface area contributed by atoms with Crippen molar-refractivity contribution in [2.45, 2.75) is 26.7 Å². The zero-order chi connectivity index (χ0) is 20.1. The van der Waals surface area contributed by atoms with E-state index in [-0.39, 0.29) is 0 Å². The maximum absolute atomic E-state index is 4.58. The first-order valence-electron chi connectivity index (χ1n) is 9.68. The topological polar surface area (TPSA) is 48.4 Å². The summed E-state index contributed by atoms with van der Waals surface area (Å²) in [4.78, 5) is 19.7. The van der Waals surface area contributed by atoms with Gasteiger partial charge in [0, 0.05) is 44.2 Å². The van der Waals surface area contributed by atoms with E-state index in [4.69, 9.17) is 0 Å². The van der Waals surface area contributed by atoms with Gasteiger partial charge in [-0.05, 0) is 18.4 Å². The Morgan fingerprint density at radius 2 is 1.86 bits per heavy atom. The molecule has 0 atom stereocenters. The van der Waals surface area contributed by atoms with Gasteiger partial charge in [-0.2, -0.15) is 0 Å². The van der Waals surface area contributed by atoms with Crippen LogP contribution in [-0.4, -0.2) is 41.6 Å². The zero-order valence-electron chi connectivity index (χ0n) is 16.9. The first kappa shape index (κ1) is 20.1. The lowest BCUT2D eigenvalue weighted by atomic mass is 10.1. The quantitative estimate of drug-likeness (QED) is 0.760. The van der Waals surface area contributed by atoms with Gasteiger partial charge in [-0.15, -0.1) is 11.3 Å². The molecule has 4 heterocycles. The molecule has 2 saturated heterocycles. The largest absolute Gasteiger partial charge is 0.355 e. The molecular formula is C21H28N6S. The van der Waals surface area contributed by atoms with Crippen LogP contribution < -0.4 is 14.7 Å². The van der Waals surface area contributed by atoms with E-state index in [0.29, 0.717) is 0 Å². The third kappa shape index (κ3) is 4.09. The lowest BCUT2D eigenvalue weighted by Crippen LogP contribution is -2.20. The molecule has 0 bridgehead atoms. The van der Waals surface area contributed by atoms with Crippen LogP contribution in [0.1, 0.15) is 26.7 Å². The molecule has 2 aliphatic heterocycles. The highest BCUT2D eigenvalue weighted by atomic mass is 32.1. The fraction of sp³-hybridized carbons (Fsp3) is 0.381. The average molecular weight is 397 g/mol. The number of hydrogen-bond donors (Lipinski definition) is 0. The Bertz CT molecular complexity index is 834. The van der Waals surface area contributed by atoms with Gasteiger partial charge in [0.15, 0.2) is 5.82 Å². The van der Waals surface area contributed by atoms with Crippen LogP contribution in [0.2, 0.25) is 0 Å². The molecule has 4 rings (SSSR count). The highest BCUT2D eigenvalue weighted by Gasteiger charge is 2.26. The Morgan fingerprint density at radius 1 is 1.11 bits per heavy atom. The fourth-order valence-electron chi connectivity index (χ4n) is 3.31. The van der Waals surface area contributed by atoms with E-state index in [0.717, 1.165) is 53.1 Å². The molecule has 148 valence electrons. The van der Waals surface area contributed by atoms with E-state index in [2.05, 4.69) is 37.9 Å². The number of rotatable bonds is 4. The molecule has 2 aromatic rings. The predicted molar refractivity (Wildman–Crippen MR) is 119 cm³/mol. The normalized spacial score (nSPS) is 17.9. The minimum atomic E-state index is 0.736. The summed E-state index contributed by atoms with van der Waals surface area (Å²) in [5, 5.41) is 1.08.